The molecule has 31 heavy (non-hydrogen) atoms. The Kier molecular flexibility index (Phi) is 6.73. The molecule has 0 unspecified atom stereocenters. The molecule has 1 aliphatic heterocycles. The molecular formula is C19H16Cl2F4N4O2. The van der Waals surface area contributed by atoms with Gasteiger partial charge in [0.05, 0.1) is 16.7 Å². The minimum Gasteiger partial charge on any atom is -0.385 e. The van der Waals surface area contributed by atoms with Crippen molar-refractivity contribution in [2.75, 3.05) is 31.9 Å². The SMILES string of the molecule is NC1=N[C@](CF)(c2cc(NC(=O)c3ncc(Cl)cc3Cl)ccc2F)COC1(CF)CF. The van der Waals surface area contributed by atoms with E-state index in [1.807, 2.05) is 0 Å². The minimum atomic E-state index is -2.14. The number of alkyl halides is 3. The molecule has 0 saturated carbocycles. The Morgan fingerprint density at radius 2 is 1.90 bits per heavy atom. The van der Waals surface area contributed by atoms with Crippen LogP contribution in [0.2, 0.25) is 10.0 Å². The van der Waals surface area contributed by atoms with E-state index in [0.29, 0.717) is 0 Å². The number of amides is 1. The maximum atomic E-state index is 14.6. The van der Waals surface area contributed by atoms with Crippen molar-refractivity contribution in [3.8, 4) is 0 Å². The Hall–Kier alpha value is -2.43. The lowest BCUT2D eigenvalue weighted by Crippen LogP contribution is -2.58. The zero-order valence-electron chi connectivity index (χ0n) is 15.8. The number of aromatic nitrogens is 1. The van der Waals surface area contributed by atoms with Crippen LogP contribution < -0.4 is 11.1 Å². The van der Waals surface area contributed by atoms with Gasteiger partial charge in [0.15, 0.2) is 5.60 Å². The van der Waals surface area contributed by atoms with Crippen molar-refractivity contribution in [3.63, 3.8) is 0 Å². The van der Waals surface area contributed by atoms with Crippen molar-refractivity contribution in [2.45, 2.75) is 11.1 Å². The molecule has 2 heterocycles. The van der Waals surface area contributed by atoms with Crippen LogP contribution >= 0.6 is 23.2 Å². The number of nitrogens with two attached hydrogens (primary N) is 1. The van der Waals surface area contributed by atoms with E-state index in [1.165, 1.54) is 18.3 Å². The molecule has 0 aliphatic carbocycles. The average molecular weight is 479 g/mol. The summed E-state index contributed by atoms with van der Waals surface area (Å²) in [5, 5.41) is 2.67. The molecule has 0 radical (unpaired) electrons. The van der Waals surface area contributed by atoms with Crippen LogP contribution in [0.3, 0.4) is 0 Å². The molecule has 0 fully saturated rings. The molecule has 0 spiro atoms. The van der Waals surface area contributed by atoms with Crippen molar-refractivity contribution < 1.29 is 27.1 Å². The molecule has 1 aromatic carbocycles. The zero-order valence-corrected chi connectivity index (χ0v) is 17.3. The number of nitrogens with one attached hydrogen (secondary N) is 1. The van der Waals surface area contributed by atoms with E-state index < -0.39 is 55.3 Å². The molecule has 6 nitrogen and oxygen atoms in total. The maximum absolute atomic E-state index is 14.6. The first-order chi connectivity index (χ1) is 14.7. The quantitative estimate of drug-likeness (QED) is 0.613. The number of aliphatic imine (C=N–C) groups is 1. The van der Waals surface area contributed by atoms with Crippen LogP contribution in [-0.4, -0.2) is 49.0 Å². The summed E-state index contributed by atoms with van der Waals surface area (Å²) >= 11 is 11.7. The molecule has 3 N–H and O–H groups in total. The number of carbonyl (C=O) groups is 1. The Bertz CT molecular complexity index is 1040. The van der Waals surface area contributed by atoms with Gasteiger partial charge in [-0.05, 0) is 24.3 Å². The molecule has 12 heteroatoms. The number of hydrogen-bond donors (Lipinski definition) is 2. The highest BCUT2D eigenvalue weighted by molar-refractivity contribution is 6.36. The second-order valence-electron chi connectivity index (χ2n) is 6.85. The van der Waals surface area contributed by atoms with E-state index in [1.54, 1.807) is 0 Å². The van der Waals surface area contributed by atoms with Gasteiger partial charge in [0.25, 0.3) is 5.91 Å². The smallest absolute Gasteiger partial charge is 0.275 e. The largest absolute Gasteiger partial charge is 0.385 e. The number of ether oxygens (including phenoxy) is 1. The van der Waals surface area contributed by atoms with Gasteiger partial charge in [0.2, 0.25) is 0 Å². The van der Waals surface area contributed by atoms with Crippen LogP contribution in [0.25, 0.3) is 0 Å². The maximum Gasteiger partial charge on any atom is 0.275 e. The molecular weight excluding hydrogens is 463 g/mol. The van der Waals surface area contributed by atoms with Gasteiger partial charge in [-0.3, -0.25) is 9.79 Å². The molecule has 1 atom stereocenters. The number of amidine groups is 1. The highest BCUT2D eigenvalue weighted by atomic mass is 35.5. The summed E-state index contributed by atoms with van der Waals surface area (Å²) in [5.74, 6) is -2.25. The van der Waals surface area contributed by atoms with Crippen LogP contribution in [0.1, 0.15) is 16.1 Å². The summed E-state index contributed by atoms with van der Waals surface area (Å²) < 4.78 is 60.4. The number of halogens is 6. The van der Waals surface area contributed by atoms with Crippen molar-refractivity contribution in [2.24, 2.45) is 10.7 Å². The zero-order chi connectivity index (χ0) is 22.8. The number of benzene rings is 1. The normalized spacial score (nSPS) is 20.3. The summed E-state index contributed by atoms with van der Waals surface area (Å²) in [6.07, 6.45) is 1.22. The number of pyridine rings is 1. The van der Waals surface area contributed by atoms with Crippen molar-refractivity contribution >= 4 is 40.6 Å². The van der Waals surface area contributed by atoms with E-state index >= 15 is 0 Å². The molecule has 3 rings (SSSR count). The standard InChI is InChI=1S/C19H16Cl2F4N4O2/c20-10-3-13(21)15(27-5-10)16(30)28-11-1-2-14(25)12(4-11)18(6-22)9-31-19(7-23,8-24)17(26)29-18/h1-5H,6-9H2,(H2,26,29)(H,28,30)/t18-/m0/s1. The minimum absolute atomic E-state index is 0.0144. The van der Waals surface area contributed by atoms with E-state index in [4.69, 9.17) is 33.7 Å². The highest BCUT2D eigenvalue weighted by Crippen LogP contribution is 2.37. The van der Waals surface area contributed by atoms with Crippen molar-refractivity contribution in [3.05, 3.63) is 57.6 Å². The van der Waals surface area contributed by atoms with Gasteiger partial charge in [-0.1, -0.05) is 23.2 Å². The summed E-state index contributed by atoms with van der Waals surface area (Å²) in [7, 11) is 0. The van der Waals surface area contributed by atoms with Crippen LogP contribution in [-0.2, 0) is 10.3 Å². The van der Waals surface area contributed by atoms with Crippen molar-refractivity contribution in [1.29, 1.82) is 0 Å². The topological polar surface area (TPSA) is 89.6 Å². The lowest BCUT2D eigenvalue weighted by molar-refractivity contribution is -0.0644. The van der Waals surface area contributed by atoms with Gasteiger partial charge in [-0.2, -0.15) is 0 Å². The second kappa shape index (κ2) is 8.97. The number of rotatable bonds is 6. The molecule has 2 aromatic rings. The first-order valence-electron chi connectivity index (χ1n) is 8.80. The van der Waals surface area contributed by atoms with Crippen molar-refractivity contribution in [1.82, 2.24) is 4.98 Å². The monoisotopic (exact) mass is 478 g/mol. The predicted molar refractivity (Wildman–Crippen MR) is 109 cm³/mol. The lowest BCUT2D eigenvalue weighted by atomic mass is 9.88. The molecule has 1 amide bonds. The van der Waals surface area contributed by atoms with Crippen LogP contribution in [0.15, 0.2) is 35.5 Å². The number of anilines is 1. The fourth-order valence-electron chi connectivity index (χ4n) is 2.96. The van der Waals surface area contributed by atoms with E-state index in [0.717, 1.165) is 12.1 Å². The third-order valence-corrected chi connectivity index (χ3v) is 5.28. The van der Waals surface area contributed by atoms with Crippen LogP contribution in [0.5, 0.6) is 0 Å². The number of hydrogen-bond acceptors (Lipinski definition) is 5. The van der Waals surface area contributed by atoms with Gasteiger partial charge < -0.3 is 15.8 Å². The van der Waals surface area contributed by atoms with Gasteiger partial charge >= 0.3 is 0 Å². The molecule has 1 aromatic heterocycles. The van der Waals surface area contributed by atoms with Crippen LogP contribution in [0.4, 0.5) is 23.2 Å². The number of nitrogens with zero attached hydrogens (tertiary/aromatic N) is 2. The summed E-state index contributed by atoms with van der Waals surface area (Å²) in [6.45, 7) is -4.60. The first-order valence-corrected chi connectivity index (χ1v) is 9.56. The lowest BCUT2D eigenvalue weighted by Gasteiger charge is -2.40. The first kappa shape index (κ1) is 23.2. The van der Waals surface area contributed by atoms with Gasteiger partial charge in [0, 0.05) is 17.4 Å². The molecule has 0 saturated heterocycles. The number of carbonyl (C=O) groups excluding carboxylic acids is 1. The second-order valence-corrected chi connectivity index (χ2v) is 7.69. The van der Waals surface area contributed by atoms with Gasteiger partial charge in [-0.15, -0.1) is 0 Å². The Morgan fingerprint density at radius 3 is 2.48 bits per heavy atom. The molecule has 166 valence electrons. The third kappa shape index (κ3) is 4.32. The molecule has 0 bridgehead atoms. The average Bonchev–Trinajstić information content (AvgIpc) is 2.75. The predicted octanol–water partition coefficient (Wildman–Crippen LogP) is 4.01. The van der Waals surface area contributed by atoms with E-state index in [9.17, 15) is 22.4 Å². The van der Waals surface area contributed by atoms with Crippen LogP contribution in [0, 0.1) is 5.82 Å². The van der Waals surface area contributed by atoms with E-state index in [2.05, 4.69) is 15.3 Å². The Labute approximate surface area is 184 Å². The summed E-state index contributed by atoms with van der Waals surface area (Å²) in [6, 6.07) is 4.63. The Balaban J connectivity index is 1.97. The van der Waals surface area contributed by atoms with E-state index in [-0.39, 0.29) is 27.0 Å². The van der Waals surface area contributed by atoms with Gasteiger partial charge in [-0.25, -0.2) is 22.5 Å². The highest BCUT2D eigenvalue weighted by Gasteiger charge is 2.48. The van der Waals surface area contributed by atoms with Gasteiger partial charge in [0.1, 0.15) is 42.9 Å². The summed E-state index contributed by atoms with van der Waals surface area (Å²) in [5.41, 5.74) is 1.12. The molecule has 1 aliphatic rings. The fraction of sp³-hybridized carbons (Fsp3) is 0.316. The summed E-state index contributed by atoms with van der Waals surface area (Å²) in [4.78, 5) is 20.2. The Morgan fingerprint density at radius 1 is 1.19 bits per heavy atom. The third-order valence-electron chi connectivity index (χ3n) is 4.79. The fourth-order valence-corrected chi connectivity index (χ4v) is 3.42.